The van der Waals surface area contributed by atoms with Crippen LogP contribution in [-0.4, -0.2) is 50.2 Å². The number of nitrogens with zero attached hydrogens (tertiary/aromatic N) is 1. The molecule has 0 fully saturated rings. The molecule has 2 rings (SSSR count). The van der Waals surface area contributed by atoms with Crippen LogP contribution in [0.1, 0.15) is 58.8 Å². The number of thiophene rings is 1. The molecule has 0 unspecified atom stereocenters. The molecule has 0 atom stereocenters. The largest absolute Gasteiger partial charge is 0.493 e. The SMILES string of the molecule is CCOC(=O)c1c(-c2ccc(OC)c(OC)c2)csc1N(C(=O)OC(C)(C)C)C(=O)OC(C)(C)C. The number of ether oxygens (including phenoxy) is 5. The number of benzene rings is 1. The van der Waals surface area contributed by atoms with Crippen molar-refractivity contribution in [1.29, 1.82) is 0 Å². The zero-order valence-corrected chi connectivity index (χ0v) is 22.5. The molecule has 0 aliphatic rings. The number of carbonyl (C=O) groups is 3. The van der Waals surface area contributed by atoms with E-state index in [1.165, 1.54) is 14.2 Å². The number of hydrogen-bond acceptors (Lipinski definition) is 9. The summed E-state index contributed by atoms with van der Waals surface area (Å²) in [7, 11) is 3.02. The van der Waals surface area contributed by atoms with E-state index in [1.807, 2.05) is 0 Å². The summed E-state index contributed by atoms with van der Waals surface area (Å²) in [5, 5.41) is 1.68. The molecule has 0 saturated carbocycles. The molecule has 1 heterocycles. The summed E-state index contributed by atoms with van der Waals surface area (Å²) < 4.78 is 26.9. The van der Waals surface area contributed by atoms with Crippen LogP contribution in [0.15, 0.2) is 23.6 Å². The molecule has 192 valence electrons. The lowest BCUT2D eigenvalue weighted by molar-refractivity contribution is 0.0432. The summed E-state index contributed by atoms with van der Waals surface area (Å²) in [6.45, 7) is 11.8. The van der Waals surface area contributed by atoms with Gasteiger partial charge >= 0.3 is 18.2 Å². The Hall–Kier alpha value is -3.27. The van der Waals surface area contributed by atoms with Crippen molar-refractivity contribution in [2.24, 2.45) is 0 Å². The van der Waals surface area contributed by atoms with Gasteiger partial charge < -0.3 is 23.7 Å². The zero-order valence-electron chi connectivity index (χ0n) is 21.6. The van der Waals surface area contributed by atoms with Crippen molar-refractivity contribution in [3.05, 3.63) is 29.1 Å². The number of carbonyl (C=O) groups excluding carboxylic acids is 3. The number of esters is 1. The number of imide groups is 1. The summed E-state index contributed by atoms with van der Waals surface area (Å²) in [5.41, 5.74) is -0.723. The second-order valence-corrected chi connectivity index (χ2v) is 10.3. The van der Waals surface area contributed by atoms with Crippen molar-refractivity contribution >= 4 is 34.5 Å². The third-order valence-electron chi connectivity index (χ3n) is 4.30. The Kier molecular flexibility index (Phi) is 8.78. The molecule has 10 heteroatoms. The van der Waals surface area contributed by atoms with Crippen LogP contribution < -0.4 is 14.4 Å². The highest BCUT2D eigenvalue weighted by atomic mass is 32.1. The van der Waals surface area contributed by atoms with Gasteiger partial charge in [-0.25, -0.2) is 14.4 Å². The summed E-state index contributed by atoms with van der Waals surface area (Å²) >= 11 is 1.02. The van der Waals surface area contributed by atoms with Gasteiger partial charge in [0.05, 0.1) is 20.8 Å². The molecule has 0 N–H and O–H groups in total. The normalized spacial score (nSPS) is 11.5. The second-order valence-electron chi connectivity index (χ2n) is 9.42. The van der Waals surface area contributed by atoms with E-state index < -0.39 is 29.4 Å². The van der Waals surface area contributed by atoms with Crippen LogP contribution in [-0.2, 0) is 14.2 Å². The van der Waals surface area contributed by atoms with E-state index in [0.717, 1.165) is 16.2 Å². The monoisotopic (exact) mass is 507 g/mol. The fourth-order valence-corrected chi connectivity index (χ4v) is 4.03. The minimum Gasteiger partial charge on any atom is -0.493 e. The first-order valence-corrected chi connectivity index (χ1v) is 11.9. The maximum atomic E-state index is 13.2. The summed E-state index contributed by atoms with van der Waals surface area (Å²) in [6.07, 6.45) is -1.95. The topological polar surface area (TPSA) is 101 Å². The van der Waals surface area contributed by atoms with Gasteiger partial charge in [0.2, 0.25) is 0 Å². The molecule has 0 aliphatic heterocycles. The first kappa shape index (κ1) is 28.0. The van der Waals surface area contributed by atoms with Crippen LogP contribution in [0, 0.1) is 0 Å². The number of rotatable bonds is 6. The first-order chi connectivity index (χ1) is 16.2. The van der Waals surface area contributed by atoms with Crippen LogP contribution in [0.25, 0.3) is 11.1 Å². The molecule has 9 nitrogen and oxygen atoms in total. The van der Waals surface area contributed by atoms with E-state index in [-0.39, 0.29) is 17.2 Å². The molecule has 0 saturated heterocycles. The molecule has 2 amide bonds. The van der Waals surface area contributed by atoms with Crippen molar-refractivity contribution in [2.75, 3.05) is 25.7 Å². The summed E-state index contributed by atoms with van der Waals surface area (Å²) in [5.74, 6) is 0.253. The van der Waals surface area contributed by atoms with Gasteiger partial charge in [-0.2, -0.15) is 4.90 Å². The average molecular weight is 508 g/mol. The molecule has 0 bridgehead atoms. The van der Waals surface area contributed by atoms with Crippen molar-refractivity contribution in [1.82, 2.24) is 0 Å². The first-order valence-electron chi connectivity index (χ1n) is 11.0. The van der Waals surface area contributed by atoms with E-state index in [4.69, 9.17) is 23.7 Å². The van der Waals surface area contributed by atoms with Crippen LogP contribution in [0.2, 0.25) is 0 Å². The third kappa shape index (κ3) is 7.11. The van der Waals surface area contributed by atoms with Gasteiger partial charge in [0.1, 0.15) is 21.8 Å². The van der Waals surface area contributed by atoms with E-state index >= 15 is 0 Å². The lowest BCUT2D eigenvalue weighted by atomic mass is 10.0. The van der Waals surface area contributed by atoms with Crippen LogP contribution in [0.5, 0.6) is 11.5 Å². The Morgan fingerprint density at radius 2 is 1.43 bits per heavy atom. The van der Waals surface area contributed by atoms with Crippen LogP contribution in [0.3, 0.4) is 0 Å². The molecule has 1 aromatic carbocycles. The molecule has 0 spiro atoms. The fraction of sp³-hybridized carbons (Fsp3) is 0.480. The van der Waals surface area contributed by atoms with Crippen molar-refractivity contribution in [2.45, 2.75) is 59.7 Å². The lowest BCUT2D eigenvalue weighted by Gasteiger charge is -2.28. The molecular weight excluding hydrogens is 474 g/mol. The number of methoxy groups -OCH3 is 2. The molecule has 0 aliphatic carbocycles. The van der Waals surface area contributed by atoms with Crippen molar-refractivity contribution < 1.29 is 38.1 Å². The molecule has 2 aromatic rings. The van der Waals surface area contributed by atoms with Gasteiger partial charge in [-0.05, 0) is 66.2 Å². The van der Waals surface area contributed by atoms with Gasteiger partial charge in [0, 0.05) is 10.9 Å². The van der Waals surface area contributed by atoms with Crippen molar-refractivity contribution in [3.8, 4) is 22.6 Å². The van der Waals surface area contributed by atoms with Gasteiger partial charge in [-0.15, -0.1) is 11.3 Å². The van der Waals surface area contributed by atoms with Crippen LogP contribution >= 0.6 is 11.3 Å². The predicted molar refractivity (Wildman–Crippen MR) is 134 cm³/mol. The van der Waals surface area contributed by atoms with E-state index in [9.17, 15) is 14.4 Å². The summed E-state index contributed by atoms with van der Waals surface area (Å²) in [6, 6.07) is 5.12. The highest BCUT2D eigenvalue weighted by molar-refractivity contribution is 7.15. The fourth-order valence-electron chi connectivity index (χ4n) is 2.98. The number of amides is 2. The smallest absolute Gasteiger partial charge is 0.425 e. The van der Waals surface area contributed by atoms with Gasteiger partial charge in [0.25, 0.3) is 0 Å². The Morgan fingerprint density at radius 3 is 1.89 bits per heavy atom. The Labute approximate surface area is 209 Å². The Balaban J connectivity index is 2.74. The number of anilines is 1. The van der Waals surface area contributed by atoms with E-state index in [1.54, 1.807) is 72.0 Å². The quantitative estimate of drug-likeness (QED) is 0.332. The molecule has 1 aromatic heterocycles. The van der Waals surface area contributed by atoms with Gasteiger partial charge in [-0.1, -0.05) is 6.07 Å². The van der Waals surface area contributed by atoms with E-state index in [0.29, 0.717) is 22.6 Å². The maximum Gasteiger partial charge on any atom is 0.425 e. The average Bonchev–Trinajstić information content (AvgIpc) is 3.15. The molecule has 0 radical (unpaired) electrons. The third-order valence-corrected chi connectivity index (χ3v) is 5.26. The standard InChI is InChI=1S/C25H33NO8S/c1-10-32-21(27)19-16(15-11-12-17(30-8)18(13-15)31-9)14-35-20(19)26(22(28)33-24(2,3)4)23(29)34-25(5,6)7/h11-14H,10H2,1-9H3. The van der Waals surface area contributed by atoms with Gasteiger partial charge in [-0.3, -0.25) is 0 Å². The lowest BCUT2D eigenvalue weighted by Crippen LogP contribution is -2.44. The summed E-state index contributed by atoms with van der Waals surface area (Å²) in [4.78, 5) is 40.2. The Bertz CT molecular complexity index is 1050. The highest BCUT2D eigenvalue weighted by Gasteiger charge is 2.37. The minimum atomic E-state index is -0.974. The molecular formula is C25H33NO8S. The van der Waals surface area contributed by atoms with Crippen molar-refractivity contribution in [3.63, 3.8) is 0 Å². The molecule has 35 heavy (non-hydrogen) atoms. The van der Waals surface area contributed by atoms with Crippen LogP contribution in [0.4, 0.5) is 14.6 Å². The van der Waals surface area contributed by atoms with E-state index in [2.05, 4.69) is 0 Å². The zero-order chi connectivity index (χ0) is 26.6. The minimum absolute atomic E-state index is 0.0248. The predicted octanol–water partition coefficient (Wildman–Crippen LogP) is 6.29. The second kappa shape index (κ2) is 11.0. The number of hydrogen-bond donors (Lipinski definition) is 0. The highest BCUT2D eigenvalue weighted by Crippen LogP contribution is 2.42. The maximum absolute atomic E-state index is 13.2. The van der Waals surface area contributed by atoms with Gasteiger partial charge in [0.15, 0.2) is 11.5 Å². The Morgan fingerprint density at radius 1 is 0.886 bits per heavy atom.